The van der Waals surface area contributed by atoms with Crippen LogP contribution in [0.2, 0.25) is 0 Å². The molecule has 0 aliphatic heterocycles. The maximum Gasteiger partial charge on any atom is 0.217 e. The van der Waals surface area contributed by atoms with Crippen LogP contribution in [0.1, 0.15) is 12.7 Å². The summed E-state index contributed by atoms with van der Waals surface area (Å²) >= 11 is 0. The highest BCUT2D eigenvalue weighted by atomic mass is 16.1. The summed E-state index contributed by atoms with van der Waals surface area (Å²) in [6, 6.07) is 0. The molecule has 18 heavy (non-hydrogen) atoms. The van der Waals surface area contributed by atoms with E-state index in [9.17, 15) is 4.79 Å². The minimum absolute atomic E-state index is 0.0672. The first-order valence-electron chi connectivity index (χ1n) is 5.64. The third-order valence-corrected chi connectivity index (χ3v) is 2.24. The summed E-state index contributed by atoms with van der Waals surface area (Å²) in [5.41, 5.74) is 0.942. The SMILES string of the molecule is C=C(/C=C\C=NC)Cn1ccnc1CNC(C)=O. The van der Waals surface area contributed by atoms with Gasteiger partial charge in [-0.25, -0.2) is 4.98 Å². The van der Waals surface area contributed by atoms with E-state index >= 15 is 0 Å². The maximum absolute atomic E-state index is 10.9. The zero-order valence-corrected chi connectivity index (χ0v) is 10.8. The average molecular weight is 246 g/mol. The molecule has 0 aliphatic rings. The second-order valence-electron chi connectivity index (χ2n) is 3.81. The van der Waals surface area contributed by atoms with Gasteiger partial charge in [0, 0.05) is 39.1 Å². The van der Waals surface area contributed by atoms with Crippen LogP contribution in [0, 0.1) is 0 Å². The minimum atomic E-state index is -0.0672. The van der Waals surface area contributed by atoms with E-state index in [-0.39, 0.29) is 5.91 Å². The molecule has 0 radical (unpaired) electrons. The molecular formula is C13H18N4O. The lowest BCUT2D eigenvalue weighted by Gasteiger charge is -2.08. The van der Waals surface area contributed by atoms with Crippen molar-refractivity contribution < 1.29 is 4.79 Å². The molecule has 1 rings (SSSR count). The second kappa shape index (κ2) is 7.21. The predicted molar refractivity (Wildman–Crippen MR) is 72.4 cm³/mol. The number of allylic oxidation sites excluding steroid dienone is 3. The fraction of sp³-hybridized carbons (Fsp3) is 0.308. The van der Waals surface area contributed by atoms with Crippen molar-refractivity contribution in [1.29, 1.82) is 0 Å². The van der Waals surface area contributed by atoms with Crippen LogP contribution in [0.3, 0.4) is 0 Å². The van der Waals surface area contributed by atoms with E-state index in [1.807, 2.05) is 22.9 Å². The molecule has 0 aliphatic carbocycles. The number of amides is 1. The van der Waals surface area contributed by atoms with Crippen molar-refractivity contribution in [2.24, 2.45) is 4.99 Å². The standard InChI is InChI=1S/C13H18N4O/c1-11(5-4-6-14-3)10-17-8-7-15-13(17)9-16-12(2)18/h4-8H,1,9-10H2,2-3H3,(H,16,18)/b5-4-,14-6?. The van der Waals surface area contributed by atoms with Crippen molar-refractivity contribution >= 4 is 12.1 Å². The molecule has 5 nitrogen and oxygen atoms in total. The van der Waals surface area contributed by atoms with E-state index in [1.165, 1.54) is 6.92 Å². The first-order valence-corrected chi connectivity index (χ1v) is 5.64. The third kappa shape index (κ3) is 4.78. The molecule has 0 atom stereocenters. The van der Waals surface area contributed by atoms with Gasteiger partial charge in [0.15, 0.2) is 0 Å². The largest absolute Gasteiger partial charge is 0.349 e. The van der Waals surface area contributed by atoms with Crippen LogP contribution in [0.4, 0.5) is 0 Å². The summed E-state index contributed by atoms with van der Waals surface area (Å²) < 4.78 is 1.95. The van der Waals surface area contributed by atoms with Gasteiger partial charge in [0.2, 0.25) is 5.91 Å². The molecule has 1 aromatic rings. The van der Waals surface area contributed by atoms with Gasteiger partial charge in [-0.2, -0.15) is 0 Å². The number of nitrogens with zero attached hydrogens (tertiary/aromatic N) is 3. The number of carbonyl (C=O) groups excluding carboxylic acids is 1. The average Bonchev–Trinajstić information content (AvgIpc) is 2.74. The second-order valence-corrected chi connectivity index (χ2v) is 3.81. The Morgan fingerprint density at radius 1 is 1.67 bits per heavy atom. The normalized spacial score (nSPS) is 11.2. The molecule has 1 amide bonds. The highest BCUT2D eigenvalue weighted by molar-refractivity contribution is 5.72. The van der Waals surface area contributed by atoms with Gasteiger partial charge in [-0.05, 0) is 11.6 Å². The van der Waals surface area contributed by atoms with E-state index < -0.39 is 0 Å². The molecule has 0 saturated heterocycles. The van der Waals surface area contributed by atoms with Crippen LogP contribution in [0.15, 0.2) is 41.7 Å². The number of nitrogens with one attached hydrogen (secondary N) is 1. The molecule has 1 heterocycles. The van der Waals surface area contributed by atoms with E-state index in [1.54, 1.807) is 19.5 Å². The molecule has 0 aromatic carbocycles. The molecule has 0 unspecified atom stereocenters. The first kappa shape index (κ1) is 13.9. The zero-order chi connectivity index (χ0) is 13.4. The predicted octanol–water partition coefficient (Wildman–Crippen LogP) is 1.33. The van der Waals surface area contributed by atoms with Crippen molar-refractivity contribution in [1.82, 2.24) is 14.9 Å². The van der Waals surface area contributed by atoms with E-state index in [0.717, 1.165) is 11.4 Å². The third-order valence-electron chi connectivity index (χ3n) is 2.24. The molecule has 1 aromatic heterocycles. The van der Waals surface area contributed by atoms with Crippen molar-refractivity contribution in [3.63, 3.8) is 0 Å². The summed E-state index contributed by atoms with van der Waals surface area (Å²) in [5.74, 6) is 0.742. The fourth-order valence-electron chi connectivity index (χ4n) is 1.39. The summed E-state index contributed by atoms with van der Waals surface area (Å²) in [6.45, 7) is 6.51. The van der Waals surface area contributed by atoms with Gasteiger partial charge >= 0.3 is 0 Å². The van der Waals surface area contributed by atoms with Crippen LogP contribution >= 0.6 is 0 Å². The van der Waals surface area contributed by atoms with Crippen molar-refractivity contribution in [2.75, 3.05) is 7.05 Å². The first-order chi connectivity index (χ1) is 8.63. The molecule has 5 heteroatoms. The van der Waals surface area contributed by atoms with E-state index in [4.69, 9.17) is 0 Å². The van der Waals surface area contributed by atoms with E-state index in [0.29, 0.717) is 13.1 Å². The number of imidazole rings is 1. The lowest BCUT2D eigenvalue weighted by molar-refractivity contribution is -0.119. The quantitative estimate of drug-likeness (QED) is 0.608. The Balaban J connectivity index is 2.59. The summed E-state index contributed by atoms with van der Waals surface area (Å²) in [6.07, 6.45) is 9.02. The maximum atomic E-state index is 10.9. The van der Waals surface area contributed by atoms with Gasteiger partial charge < -0.3 is 9.88 Å². The molecule has 0 bridgehead atoms. The zero-order valence-electron chi connectivity index (χ0n) is 10.8. The van der Waals surface area contributed by atoms with Crippen molar-refractivity contribution in [3.8, 4) is 0 Å². The molecule has 0 spiro atoms. The van der Waals surface area contributed by atoms with Crippen molar-refractivity contribution in [2.45, 2.75) is 20.0 Å². The summed E-state index contributed by atoms with van der Waals surface area (Å²) in [4.78, 5) is 18.9. The highest BCUT2D eigenvalue weighted by Crippen LogP contribution is 2.03. The number of hydrogen-bond acceptors (Lipinski definition) is 3. The van der Waals surface area contributed by atoms with Crippen molar-refractivity contribution in [3.05, 3.63) is 42.5 Å². The number of aliphatic imine (C=N–C) groups is 1. The molecule has 0 fully saturated rings. The van der Waals surface area contributed by atoms with Crippen LogP contribution in [-0.2, 0) is 17.9 Å². The Morgan fingerprint density at radius 3 is 3.11 bits per heavy atom. The lowest BCUT2D eigenvalue weighted by atomic mass is 10.2. The Kier molecular flexibility index (Phi) is 5.57. The summed E-state index contributed by atoms with van der Waals surface area (Å²) in [5, 5.41) is 2.72. The Morgan fingerprint density at radius 2 is 2.44 bits per heavy atom. The van der Waals surface area contributed by atoms with Crippen LogP contribution in [0.25, 0.3) is 0 Å². The monoisotopic (exact) mass is 246 g/mol. The van der Waals surface area contributed by atoms with Crippen LogP contribution in [0.5, 0.6) is 0 Å². The van der Waals surface area contributed by atoms with Crippen LogP contribution < -0.4 is 5.32 Å². The summed E-state index contributed by atoms with van der Waals surface area (Å²) in [7, 11) is 1.72. The van der Waals surface area contributed by atoms with Gasteiger partial charge in [0.1, 0.15) is 5.82 Å². The number of hydrogen-bond donors (Lipinski definition) is 1. The molecule has 96 valence electrons. The number of rotatable bonds is 6. The Hall–Kier alpha value is -2.17. The molecule has 0 saturated carbocycles. The van der Waals surface area contributed by atoms with Gasteiger partial charge in [0.05, 0.1) is 6.54 Å². The number of carbonyl (C=O) groups is 1. The molecular weight excluding hydrogens is 228 g/mol. The lowest BCUT2D eigenvalue weighted by Crippen LogP contribution is -2.21. The Labute approximate surface area is 107 Å². The van der Waals surface area contributed by atoms with Gasteiger partial charge in [-0.1, -0.05) is 12.7 Å². The smallest absolute Gasteiger partial charge is 0.217 e. The molecule has 1 N–H and O–H groups in total. The minimum Gasteiger partial charge on any atom is -0.349 e. The fourth-order valence-corrected chi connectivity index (χ4v) is 1.39. The van der Waals surface area contributed by atoms with Crippen LogP contribution in [-0.4, -0.2) is 28.7 Å². The number of aromatic nitrogens is 2. The van der Waals surface area contributed by atoms with Gasteiger partial charge in [-0.15, -0.1) is 0 Å². The highest BCUT2D eigenvalue weighted by Gasteiger charge is 2.03. The Bertz CT molecular complexity index is 471. The van der Waals surface area contributed by atoms with Gasteiger partial charge in [0.25, 0.3) is 0 Å². The van der Waals surface area contributed by atoms with Gasteiger partial charge in [-0.3, -0.25) is 9.79 Å². The topological polar surface area (TPSA) is 59.3 Å². The van der Waals surface area contributed by atoms with E-state index in [2.05, 4.69) is 21.9 Å².